The van der Waals surface area contributed by atoms with Crippen LogP contribution in [0, 0.1) is 0 Å². The fourth-order valence-electron chi connectivity index (χ4n) is 0.518. The average Bonchev–Trinajstić information content (AvgIpc) is 2.11. The smallest absolute Gasteiger partial charge is 0.321 e. The molecule has 0 fully saturated rings. The predicted molar refractivity (Wildman–Crippen MR) is 47.6 cm³/mol. The van der Waals surface area contributed by atoms with Crippen molar-refractivity contribution in [3.05, 3.63) is 0 Å². The van der Waals surface area contributed by atoms with E-state index in [0.717, 1.165) is 0 Å². The molecule has 0 aromatic carbocycles. The zero-order valence-electron chi connectivity index (χ0n) is 7.30. The molecule has 0 spiro atoms. The van der Waals surface area contributed by atoms with E-state index < -0.39 is 28.8 Å². The van der Waals surface area contributed by atoms with E-state index in [-0.39, 0.29) is 13.2 Å². The maximum absolute atomic E-state index is 10.9. The topological polar surface area (TPSA) is 142 Å². The number of carboxylic acid groups (broad SMARTS) is 1. The third kappa shape index (κ3) is 5.83. The van der Waals surface area contributed by atoms with Crippen LogP contribution in [-0.4, -0.2) is 50.3 Å². The van der Waals surface area contributed by atoms with Crippen LogP contribution in [0.5, 0.6) is 0 Å². The summed E-state index contributed by atoms with van der Waals surface area (Å²) in [5.74, 6) is -1.30. The van der Waals surface area contributed by atoms with Gasteiger partial charge >= 0.3 is 5.97 Å². The van der Waals surface area contributed by atoms with Gasteiger partial charge in [-0.05, 0) is 0 Å². The first-order valence-electron chi connectivity index (χ1n) is 3.72. The summed E-state index contributed by atoms with van der Waals surface area (Å²) in [4.78, 5) is 10.2. The van der Waals surface area contributed by atoms with Crippen LogP contribution in [0.25, 0.3) is 0 Å². The van der Waals surface area contributed by atoms with E-state index in [2.05, 4.69) is 0 Å². The van der Waals surface area contributed by atoms with Gasteiger partial charge in [-0.3, -0.25) is 4.79 Å². The molecule has 1 atom stereocenters. The second kappa shape index (κ2) is 5.88. The lowest BCUT2D eigenvalue weighted by molar-refractivity contribution is -0.138. The number of rotatable bonds is 7. The van der Waals surface area contributed by atoms with E-state index in [4.69, 9.17) is 15.9 Å². The molecule has 14 heavy (non-hydrogen) atoms. The van der Waals surface area contributed by atoms with Crippen molar-refractivity contribution in [2.24, 2.45) is 5.73 Å². The number of aliphatic hydroxyl groups is 1. The molecular formula is C5H13N3O5S. The molecule has 0 saturated heterocycles. The van der Waals surface area contributed by atoms with Crippen LogP contribution in [-0.2, 0) is 15.0 Å². The Morgan fingerprint density at radius 2 is 2.00 bits per heavy atom. The lowest BCUT2D eigenvalue weighted by Gasteiger charge is -2.09. The van der Waals surface area contributed by atoms with E-state index in [0.29, 0.717) is 0 Å². The third-order valence-electron chi connectivity index (χ3n) is 1.21. The van der Waals surface area contributed by atoms with Gasteiger partial charge in [-0.2, -0.15) is 8.42 Å². The van der Waals surface area contributed by atoms with Gasteiger partial charge in [0.1, 0.15) is 6.04 Å². The average molecular weight is 227 g/mol. The molecule has 0 aromatic heterocycles. The van der Waals surface area contributed by atoms with Crippen molar-refractivity contribution in [2.45, 2.75) is 6.04 Å². The first-order chi connectivity index (χ1) is 6.39. The van der Waals surface area contributed by atoms with Gasteiger partial charge in [-0.1, -0.05) is 0 Å². The minimum absolute atomic E-state index is 0.141. The molecule has 0 aliphatic rings. The van der Waals surface area contributed by atoms with Gasteiger partial charge in [0.15, 0.2) is 0 Å². The number of aliphatic hydroxyl groups excluding tert-OH is 1. The highest BCUT2D eigenvalue weighted by molar-refractivity contribution is 7.87. The summed E-state index contributed by atoms with van der Waals surface area (Å²) in [7, 11) is -3.78. The Morgan fingerprint density at radius 1 is 1.43 bits per heavy atom. The van der Waals surface area contributed by atoms with Crippen molar-refractivity contribution in [3.63, 3.8) is 0 Å². The van der Waals surface area contributed by atoms with Gasteiger partial charge in [-0.15, -0.1) is 0 Å². The molecule has 0 radical (unpaired) electrons. The van der Waals surface area contributed by atoms with Gasteiger partial charge in [0.25, 0.3) is 10.2 Å². The van der Waals surface area contributed by atoms with Crippen molar-refractivity contribution in [3.8, 4) is 0 Å². The Kier molecular flexibility index (Phi) is 5.57. The summed E-state index contributed by atoms with van der Waals surface area (Å²) in [6, 6.07) is -1.29. The molecule has 9 heteroatoms. The van der Waals surface area contributed by atoms with Gasteiger partial charge in [0.2, 0.25) is 0 Å². The lowest BCUT2D eigenvalue weighted by atomic mass is 10.3. The molecule has 1 unspecified atom stereocenters. The maximum atomic E-state index is 10.9. The normalized spacial score (nSPS) is 13.9. The Balaban J connectivity index is 3.93. The molecule has 0 aromatic rings. The monoisotopic (exact) mass is 227 g/mol. The first-order valence-corrected chi connectivity index (χ1v) is 5.21. The van der Waals surface area contributed by atoms with Crippen LogP contribution in [0.3, 0.4) is 0 Å². The van der Waals surface area contributed by atoms with Gasteiger partial charge < -0.3 is 15.9 Å². The number of hydrogen-bond donors (Lipinski definition) is 5. The summed E-state index contributed by atoms with van der Waals surface area (Å²) in [6.45, 7) is -0.889. The van der Waals surface area contributed by atoms with Crippen LogP contribution < -0.4 is 15.2 Å². The van der Waals surface area contributed by atoms with E-state index in [1.54, 1.807) is 0 Å². The molecule has 0 bridgehead atoms. The standard InChI is InChI=1S/C5H13N3O5S/c6-4(5(10)11)3-8-14(12,13)7-1-2-9/h4,7-9H,1-3,6H2,(H,10,11). The van der Waals surface area contributed by atoms with Crippen molar-refractivity contribution < 1.29 is 23.4 Å². The Hall–Kier alpha value is -0.740. The van der Waals surface area contributed by atoms with Crippen LogP contribution in [0.15, 0.2) is 0 Å². The highest BCUT2D eigenvalue weighted by Gasteiger charge is 2.15. The maximum Gasteiger partial charge on any atom is 0.321 e. The van der Waals surface area contributed by atoms with Gasteiger partial charge in [0.05, 0.1) is 6.61 Å². The number of hydrogen-bond acceptors (Lipinski definition) is 5. The van der Waals surface area contributed by atoms with Crippen molar-refractivity contribution in [1.82, 2.24) is 9.44 Å². The number of aliphatic carboxylic acids is 1. The molecule has 0 amide bonds. The number of nitrogens with one attached hydrogen (secondary N) is 2. The number of carbonyl (C=O) groups is 1. The Morgan fingerprint density at radius 3 is 2.43 bits per heavy atom. The summed E-state index contributed by atoms with van der Waals surface area (Å²) < 4.78 is 25.8. The van der Waals surface area contributed by atoms with Crippen LogP contribution in [0.1, 0.15) is 0 Å². The molecular weight excluding hydrogens is 214 g/mol. The molecule has 0 aliphatic carbocycles. The summed E-state index contributed by atoms with van der Waals surface area (Å²) in [5, 5.41) is 16.7. The predicted octanol–water partition coefficient (Wildman–Crippen LogP) is -3.19. The van der Waals surface area contributed by atoms with E-state index in [1.807, 2.05) is 9.44 Å². The third-order valence-corrected chi connectivity index (χ3v) is 2.35. The van der Waals surface area contributed by atoms with Crippen LogP contribution in [0.4, 0.5) is 0 Å². The molecule has 84 valence electrons. The second-order valence-electron chi connectivity index (χ2n) is 2.41. The van der Waals surface area contributed by atoms with Gasteiger partial charge in [0, 0.05) is 13.1 Å². The molecule has 0 heterocycles. The van der Waals surface area contributed by atoms with Gasteiger partial charge in [-0.25, -0.2) is 9.44 Å². The Bertz CT molecular complexity index is 277. The van der Waals surface area contributed by atoms with Crippen LogP contribution >= 0.6 is 0 Å². The summed E-state index contributed by atoms with van der Waals surface area (Å²) >= 11 is 0. The van der Waals surface area contributed by atoms with E-state index in [1.165, 1.54) is 0 Å². The number of carboxylic acids is 1. The van der Waals surface area contributed by atoms with Crippen molar-refractivity contribution in [2.75, 3.05) is 19.7 Å². The second-order valence-corrected chi connectivity index (χ2v) is 4.00. The highest BCUT2D eigenvalue weighted by atomic mass is 32.2. The summed E-state index contributed by atoms with van der Waals surface area (Å²) in [5.41, 5.74) is 5.05. The molecule has 8 nitrogen and oxygen atoms in total. The SMILES string of the molecule is NC(CNS(=O)(=O)NCCO)C(=O)O. The first kappa shape index (κ1) is 13.3. The molecule has 0 rings (SSSR count). The molecule has 0 saturated carbocycles. The fourth-order valence-corrected chi connectivity index (χ4v) is 1.38. The zero-order chi connectivity index (χ0) is 11.2. The number of nitrogens with two attached hydrogens (primary N) is 1. The van der Waals surface area contributed by atoms with Crippen molar-refractivity contribution >= 4 is 16.2 Å². The van der Waals surface area contributed by atoms with Crippen molar-refractivity contribution in [1.29, 1.82) is 0 Å². The van der Waals surface area contributed by atoms with E-state index in [9.17, 15) is 13.2 Å². The Labute approximate surface area is 81.3 Å². The zero-order valence-corrected chi connectivity index (χ0v) is 8.12. The highest BCUT2D eigenvalue weighted by Crippen LogP contribution is 1.80. The minimum Gasteiger partial charge on any atom is -0.480 e. The quantitative estimate of drug-likeness (QED) is 0.310. The fraction of sp³-hybridized carbons (Fsp3) is 0.800. The summed E-state index contributed by atoms with van der Waals surface area (Å²) in [6.07, 6.45) is 0. The molecule has 6 N–H and O–H groups in total. The van der Waals surface area contributed by atoms with Crippen LogP contribution in [0.2, 0.25) is 0 Å². The van der Waals surface area contributed by atoms with E-state index >= 15 is 0 Å². The molecule has 0 aliphatic heterocycles. The largest absolute Gasteiger partial charge is 0.480 e. The lowest BCUT2D eigenvalue weighted by Crippen LogP contribution is -2.46. The minimum atomic E-state index is -3.78.